The van der Waals surface area contributed by atoms with Gasteiger partial charge < -0.3 is 5.73 Å². The fourth-order valence-corrected chi connectivity index (χ4v) is 2.08. The molecule has 3 heteroatoms. The van der Waals surface area contributed by atoms with Gasteiger partial charge in [0.2, 0.25) is 0 Å². The van der Waals surface area contributed by atoms with Gasteiger partial charge in [-0.15, -0.1) is 0 Å². The van der Waals surface area contributed by atoms with Gasteiger partial charge in [0.15, 0.2) is 0 Å². The lowest BCUT2D eigenvalue weighted by molar-refractivity contribution is 0.597. The molecule has 0 bridgehead atoms. The monoisotopic (exact) mass is 229 g/mol. The molecule has 0 amide bonds. The van der Waals surface area contributed by atoms with Crippen molar-refractivity contribution in [3.05, 3.63) is 33.8 Å². The Bertz CT molecular complexity index is 334. The summed E-state index contributed by atoms with van der Waals surface area (Å²) < 4.78 is 0. The van der Waals surface area contributed by atoms with Crippen molar-refractivity contribution in [3.8, 4) is 0 Å². The zero-order chi connectivity index (χ0) is 10.1. The first-order valence-electron chi connectivity index (χ1n) is 4.87. The first-order chi connectivity index (χ1) is 6.66. The normalized spacial score (nSPS) is 18.2. The topological polar surface area (TPSA) is 26.0 Å². The molecule has 0 saturated heterocycles. The van der Waals surface area contributed by atoms with E-state index in [-0.39, 0.29) is 6.04 Å². The third kappa shape index (κ3) is 2.41. The van der Waals surface area contributed by atoms with Crippen LogP contribution in [0.15, 0.2) is 18.2 Å². The molecule has 1 aliphatic carbocycles. The molecule has 0 aliphatic heterocycles. The second kappa shape index (κ2) is 4.09. The Morgan fingerprint density at radius 3 is 2.71 bits per heavy atom. The molecule has 0 spiro atoms. The lowest BCUT2D eigenvalue weighted by Gasteiger charge is -2.13. The molecule has 1 saturated carbocycles. The van der Waals surface area contributed by atoms with Gasteiger partial charge in [0.1, 0.15) is 0 Å². The van der Waals surface area contributed by atoms with Crippen molar-refractivity contribution in [1.29, 1.82) is 0 Å². The van der Waals surface area contributed by atoms with Gasteiger partial charge in [0, 0.05) is 16.1 Å². The molecule has 1 aliphatic rings. The van der Waals surface area contributed by atoms with E-state index in [1.54, 1.807) is 6.07 Å². The summed E-state index contributed by atoms with van der Waals surface area (Å²) in [6.45, 7) is 0. The summed E-state index contributed by atoms with van der Waals surface area (Å²) in [5.41, 5.74) is 7.04. The van der Waals surface area contributed by atoms with E-state index in [1.807, 2.05) is 12.1 Å². The predicted octanol–water partition coefficient (Wildman–Crippen LogP) is 3.79. The minimum atomic E-state index is 0.0358. The lowest BCUT2D eigenvalue weighted by Crippen LogP contribution is -2.11. The van der Waals surface area contributed by atoms with Crippen LogP contribution in [0, 0.1) is 5.92 Å². The minimum Gasteiger partial charge on any atom is -0.324 e. The van der Waals surface area contributed by atoms with Crippen LogP contribution in [0.1, 0.15) is 30.9 Å². The van der Waals surface area contributed by atoms with Gasteiger partial charge in [0.05, 0.1) is 0 Å². The van der Waals surface area contributed by atoms with Crippen molar-refractivity contribution in [2.75, 3.05) is 0 Å². The fourth-order valence-electron chi connectivity index (χ4n) is 1.64. The number of halogens is 2. The molecule has 0 aromatic heterocycles. The highest BCUT2D eigenvalue weighted by molar-refractivity contribution is 6.33. The van der Waals surface area contributed by atoms with Crippen LogP contribution < -0.4 is 5.73 Å². The Balaban J connectivity index is 2.15. The summed E-state index contributed by atoms with van der Waals surface area (Å²) in [7, 11) is 0. The third-order valence-electron chi connectivity index (χ3n) is 2.64. The molecular weight excluding hydrogens is 217 g/mol. The highest BCUT2D eigenvalue weighted by Gasteiger charge is 2.25. The van der Waals surface area contributed by atoms with E-state index in [0.717, 1.165) is 22.9 Å². The van der Waals surface area contributed by atoms with Crippen LogP contribution in [0.2, 0.25) is 10.0 Å². The Morgan fingerprint density at radius 2 is 2.07 bits per heavy atom. The molecule has 0 heterocycles. The van der Waals surface area contributed by atoms with Crippen molar-refractivity contribution < 1.29 is 0 Å². The van der Waals surface area contributed by atoms with Gasteiger partial charge in [-0.05, 0) is 36.1 Å². The van der Waals surface area contributed by atoms with Gasteiger partial charge in [-0.2, -0.15) is 0 Å². The van der Waals surface area contributed by atoms with Crippen molar-refractivity contribution in [3.63, 3.8) is 0 Å². The van der Waals surface area contributed by atoms with Crippen molar-refractivity contribution in [2.24, 2.45) is 11.7 Å². The Kier molecular flexibility index (Phi) is 3.01. The number of hydrogen-bond acceptors (Lipinski definition) is 1. The molecule has 1 atom stereocenters. The first-order valence-corrected chi connectivity index (χ1v) is 5.63. The third-order valence-corrected chi connectivity index (χ3v) is 3.22. The molecule has 1 fully saturated rings. The Morgan fingerprint density at radius 1 is 1.36 bits per heavy atom. The first kappa shape index (κ1) is 10.3. The van der Waals surface area contributed by atoms with E-state index in [9.17, 15) is 0 Å². The lowest BCUT2D eigenvalue weighted by atomic mass is 10.0. The van der Waals surface area contributed by atoms with Gasteiger partial charge in [0.25, 0.3) is 0 Å². The Hall–Kier alpha value is -0.240. The summed E-state index contributed by atoms with van der Waals surface area (Å²) in [4.78, 5) is 0. The van der Waals surface area contributed by atoms with Gasteiger partial charge in [-0.3, -0.25) is 0 Å². The quantitative estimate of drug-likeness (QED) is 0.839. The van der Waals surface area contributed by atoms with Gasteiger partial charge in [-0.25, -0.2) is 0 Å². The van der Waals surface area contributed by atoms with Crippen molar-refractivity contribution in [1.82, 2.24) is 0 Å². The van der Waals surface area contributed by atoms with E-state index in [2.05, 4.69) is 0 Å². The summed E-state index contributed by atoms with van der Waals surface area (Å²) in [5, 5.41) is 1.43. The zero-order valence-corrected chi connectivity index (χ0v) is 9.35. The summed E-state index contributed by atoms with van der Waals surface area (Å²) in [5.74, 6) is 0.806. The maximum atomic E-state index is 6.06. The highest BCUT2D eigenvalue weighted by Crippen LogP contribution is 2.38. The molecule has 2 N–H and O–H groups in total. The van der Waals surface area contributed by atoms with E-state index in [4.69, 9.17) is 28.9 Å². The van der Waals surface area contributed by atoms with Gasteiger partial charge in [-0.1, -0.05) is 36.0 Å². The molecular formula is C11H13Cl2N. The molecule has 14 heavy (non-hydrogen) atoms. The number of rotatable bonds is 3. The fraction of sp³-hybridized carbons (Fsp3) is 0.455. The average molecular weight is 230 g/mol. The SMILES string of the molecule is N[C@@H](CC1CC1)c1cc(Cl)ccc1Cl. The van der Waals surface area contributed by atoms with E-state index < -0.39 is 0 Å². The van der Waals surface area contributed by atoms with Crippen LogP contribution >= 0.6 is 23.2 Å². The molecule has 1 aromatic rings. The van der Waals surface area contributed by atoms with Gasteiger partial charge >= 0.3 is 0 Å². The van der Waals surface area contributed by atoms with Crippen LogP contribution in [-0.4, -0.2) is 0 Å². The molecule has 0 radical (unpaired) electrons. The van der Waals surface area contributed by atoms with Crippen molar-refractivity contribution >= 4 is 23.2 Å². The highest BCUT2D eigenvalue weighted by atomic mass is 35.5. The number of hydrogen-bond donors (Lipinski definition) is 1. The van der Waals surface area contributed by atoms with Crippen LogP contribution in [0.3, 0.4) is 0 Å². The second-order valence-electron chi connectivity index (χ2n) is 3.95. The average Bonchev–Trinajstić information content (AvgIpc) is 2.93. The zero-order valence-electron chi connectivity index (χ0n) is 7.84. The molecule has 1 aromatic carbocycles. The minimum absolute atomic E-state index is 0.0358. The summed E-state index contributed by atoms with van der Waals surface area (Å²) >= 11 is 12.0. The van der Waals surface area contributed by atoms with Crippen LogP contribution in [0.25, 0.3) is 0 Å². The van der Waals surface area contributed by atoms with Crippen LogP contribution in [0.5, 0.6) is 0 Å². The maximum Gasteiger partial charge on any atom is 0.0454 e. The number of benzene rings is 1. The number of nitrogens with two attached hydrogens (primary N) is 1. The second-order valence-corrected chi connectivity index (χ2v) is 4.80. The predicted molar refractivity (Wildman–Crippen MR) is 60.7 cm³/mol. The standard InChI is InChI=1S/C11H13Cl2N/c12-8-3-4-10(13)9(6-8)11(14)5-7-1-2-7/h3-4,6-7,11H,1-2,5,14H2/t11-/m0/s1. The largest absolute Gasteiger partial charge is 0.324 e. The van der Waals surface area contributed by atoms with E-state index >= 15 is 0 Å². The maximum absolute atomic E-state index is 6.06. The summed E-state index contributed by atoms with van der Waals surface area (Å²) in [6.07, 6.45) is 3.65. The Labute approximate surface area is 94.2 Å². The molecule has 76 valence electrons. The molecule has 2 rings (SSSR count). The van der Waals surface area contributed by atoms with E-state index in [0.29, 0.717) is 5.02 Å². The van der Waals surface area contributed by atoms with E-state index in [1.165, 1.54) is 12.8 Å². The molecule has 1 nitrogen and oxygen atoms in total. The van der Waals surface area contributed by atoms with Crippen LogP contribution in [-0.2, 0) is 0 Å². The molecule has 0 unspecified atom stereocenters. The van der Waals surface area contributed by atoms with Crippen molar-refractivity contribution in [2.45, 2.75) is 25.3 Å². The smallest absolute Gasteiger partial charge is 0.0454 e. The van der Waals surface area contributed by atoms with Crippen LogP contribution in [0.4, 0.5) is 0 Å². The summed E-state index contributed by atoms with van der Waals surface area (Å²) in [6, 6.07) is 5.51.